The number of fused-ring (bicyclic) bond motifs is 1. The highest BCUT2D eigenvalue weighted by Crippen LogP contribution is 2.28. The van der Waals surface area contributed by atoms with Crippen LogP contribution in [0.5, 0.6) is 11.5 Å². The summed E-state index contributed by atoms with van der Waals surface area (Å²) in [7, 11) is 1.61. The standard InChI is InChI=1S/C20H24N2O3/c1-3-25-17-9-8-14(12-18(17)24-2)13-22-20(23)19-16-7-5-4-6-15(16)10-11-21-19/h4-9,12,19,21H,3,10-11,13H2,1-2H3,(H,22,23)/t19-/m1/s1. The van der Waals surface area contributed by atoms with Crippen LogP contribution in [0.4, 0.5) is 0 Å². The van der Waals surface area contributed by atoms with E-state index < -0.39 is 0 Å². The maximum atomic E-state index is 12.6. The van der Waals surface area contributed by atoms with Crippen molar-refractivity contribution >= 4 is 5.91 Å². The first kappa shape index (κ1) is 17.3. The summed E-state index contributed by atoms with van der Waals surface area (Å²) >= 11 is 0. The first-order valence-corrected chi connectivity index (χ1v) is 8.61. The molecular formula is C20H24N2O3. The molecule has 5 nitrogen and oxygen atoms in total. The molecule has 132 valence electrons. The van der Waals surface area contributed by atoms with Crippen LogP contribution in [0, 0.1) is 0 Å². The van der Waals surface area contributed by atoms with E-state index in [1.807, 2.05) is 43.3 Å². The van der Waals surface area contributed by atoms with Crippen LogP contribution in [-0.4, -0.2) is 26.2 Å². The van der Waals surface area contributed by atoms with Gasteiger partial charge < -0.3 is 20.1 Å². The Bertz CT molecular complexity index is 745. The monoisotopic (exact) mass is 340 g/mol. The molecule has 5 heteroatoms. The number of carbonyl (C=O) groups is 1. The molecule has 0 fully saturated rings. The summed E-state index contributed by atoms with van der Waals surface area (Å²) in [5.74, 6) is 1.37. The molecule has 2 aromatic rings. The van der Waals surface area contributed by atoms with Crippen molar-refractivity contribution in [2.24, 2.45) is 0 Å². The quantitative estimate of drug-likeness (QED) is 0.849. The molecule has 2 N–H and O–H groups in total. The van der Waals surface area contributed by atoms with Crippen molar-refractivity contribution < 1.29 is 14.3 Å². The molecule has 0 aromatic heterocycles. The summed E-state index contributed by atoms with van der Waals surface area (Å²) in [4.78, 5) is 12.6. The number of amides is 1. The molecular weight excluding hydrogens is 316 g/mol. The summed E-state index contributed by atoms with van der Waals surface area (Å²) < 4.78 is 10.9. The Morgan fingerprint density at radius 2 is 2.08 bits per heavy atom. The summed E-state index contributed by atoms with van der Waals surface area (Å²) in [6.07, 6.45) is 0.954. The molecule has 1 aliphatic heterocycles. The van der Waals surface area contributed by atoms with Crippen molar-refractivity contribution in [3.8, 4) is 11.5 Å². The van der Waals surface area contributed by atoms with Crippen molar-refractivity contribution in [3.63, 3.8) is 0 Å². The lowest BCUT2D eigenvalue weighted by Crippen LogP contribution is -2.41. The molecule has 0 unspecified atom stereocenters. The molecule has 0 saturated heterocycles. The van der Waals surface area contributed by atoms with E-state index in [1.165, 1.54) is 5.56 Å². The predicted octanol–water partition coefficient (Wildman–Crippen LogP) is 2.60. The van der Waals surface area contributed by atoms with Gasteiger partial charge >= 0.3 is 0 Å². The first-order chi connectivity index (χ1) is 12.2. The Morgan fingerprint density at radius 1 is 1.24 bits per heavy atom. The highest BCUT2D eigenvalue weighted by molar-refractivity contribution is 5.84. The Labute approximate surface area is 148 Å². The van der Waals surface area contributed by atoms with Gasteiger partial charge in [-0.25, -0.2) is 0 Å². The van der Waals surface area contributed by atoms with E-state index in [2.05, 4.69) is 16.7 Å². The molecule has 0 radical (unpaired) electrons. The lowest BCUT2D eigenvalue weighted by Gasteiger charge is -2.26. The second kappa shape index (κ2) is 8.03. The lowest BCUT2D eigenvalue weighted by molar-refractivity contribution is -0.123. The summed E-state index contributed by atoms with van der Waals surface area (Å²) in [5, 5.41) is 6.32. The predicted molar refractivity (Wildman–Crippen MR) is 96.9 cm³/mol. The van der Waals surface area contributed by atoms with Gasteiger partial charge in [-0.1, -0.05) is 30.3 Å². The van der Waals surface area contributed by atoms with Crippen LogP contribution < -0.4 is 20.1 Å². The fourth-order valence-electron chi connectivity index (χ4n) is 3.13. The molecule has 1 amide bonds. The van der Waals surface area contributed by atoms with E-state index in [0.717, 1.165) is 24.1 Å². The Morgan fingerprint density at radius 3 is 2.88 bits per heavy atom. The Hall–Kier alpha value is -2.53. The van der Waals surface area contributed by atoms with E-state index in [1.54, 1.807) is 7.11 Å². The maximum Gasteiger partial charge on any atom is 0.242 e. The van der Waals surface area contributed by atoms with Gasteiger partial charge in [0, 0.05) is 13.1 Å². The van der Waals surface area contributed by atoms with Crippen LogP contribution in [0.25, 0.3) is 0 Å². The smallest absolute Gasteiger partial charge is 0.242 e. The fourth-order valence-corrected chi connectivity index (χ4v) is 3.13. The van der Waals surface area contributed by atoms with Crippen molar-refractivity contribution in [3.05, 3.63) is 59.2 Å². The summed E-state index contributed by atoms with van der Waals surface area (Å²) in [6.45, 7) is 3.77. The maximum absolute atomic E-state index is 12.6. The summed E-state index contributed by atoms with van der Waals surface area (Å²) in [5.41, 5.74) is 3.28. The van der Waals surface area contributed by atoms with Gasteiger partial charge in [-0.2, -0.15) is 0 Å². The zero-order valence-electron chi connectivity index (χ0n) is 14.7. The Balaban J connectivity index is 1.67. The highest BCUT2D eigenvalue weighted by atomic mass is 16.5. The largest absolute Gasteiger partial charge is 0.493 e. The van der Waals surface area contributed by atoms with Gasteiger partial charge in [0.15, 0.2) is 11.5 Å². The minimum Gasteiger partial charge on any atom is -0.493 e. The van der Waals surface area contributed by atoms with Gasteiger partial charge in [0.1, 0.15) is 6.04 Å². The number of hydrogen-bond acceptors (Lipinski definition) is 4. The third kappa shape index (κ3) is 3.94. The number of nitrogens with one attached hydrogen (secondary N) is 2. The average molecular weight is 340 g/mol. The zero-order valence-corrected chi connectivity index (χ0v) is 14.7. The van der Waals surface area contributed by atoms with E-state index in [-0.39, 0.29) is 11.9 Å². The number of ether oxygens (including phenoxy) is 2. The number of methoxy groups -OCH3 is 1. The molecule has 1 heterocycles. The van der Waals surface area contributed by atoms with Crippen molar-refractivity contribution in [2.45, 2.75) is 25.9 Å². The molecule has 0 spiro atoms. The van der Waals surface area contributed by atoms with E-state index in [4.69, 9.17) is 9.47 Å². The van der Waals surface area contributed by atoms with Crippen LogP contribution in [-0.2, 0) is 17.8 Å². The Kier molecular flexibility index (Phi) is 5.56. The molecule has 3 rings (SSSR count). The van der Waals surface area contributed by atoms with Crippen molar-refractivity contribution in [2.75, 3.05) is 20.3 Å². The topological polar surface area (TPSA) is 59.6 Å². The number of hydrogen-bond donors (Lipinski definition) is 2. The highest BCUT2D eigenvalue weighted by Gasteiger charge is 2.25. The first-order valence-electron chi connectivity index (χ1n) is 8.61. The van der Waals surface area contributed by atoms with E-state index >= 15 is 0 Å². The minimum absolute atomic E-state index is 0.0139. The van der Waals surface area contributed by atoms with Gasteiger partial charge in [-0.3, -0.25) is 4.79 Å². The average Bonchev–Trinajstić information content (AvgIpc) is 2.66. The van der Waals surface area contributed by atoms with Gasteiger partial charge in [-0.15, -0.1) is 0 Å². The van der Waals surface area contributed by atoms with Crippen LogP contribution in [0.15, 0.2) is 42.5 Å². The lowest BCUT2D eigenvalue weighted by atomic mass is 9.94. The second-order valence-electron chi connectivity index (χ2n) is 5.97. The summed E-state index contributed by atoms with van der Waals surface area (Å²) in [6, 6.07) is 13.5. The van der Waals surface area contributed by atoms with E-state index in [0.29, 0.717) is 24.7 Å². The van der Waals surface area contributed by atoms with Gasteiger partial charge in [0.05, 0.1) is 13.7 Å². The van der Waals surface area contributed by atoms with Gasteiger partial charge in [0.2, 0.25) is 5.91 Å². The third-order valence-corrected chi connectivity index (χ3v) is 4.37. The molecule has 0 bridgehead atoms. The molecule has 0 aliphatic carbocycles. The minimum atomic E-state index is -0.297. The normalized spacial score (nSPS) is 16.0. The van der Waals surface area contributed by atoms with E-state index in [9.17, 15) is 4.79 Å². The van der Waals surface area contributed by atoms with Gasteiger partial charge in [-0.05, 0) is 42.2 Å². The van der Waals surface area contributed by atoms with Crippen LogP contribution in [0.3, 0.4) is 0 Å². The van der Waals surface area contributed by atoms with Gasteiger partial charge in [0.25, 0.3) is 0 Å². The molecule has 1 aliphatic rings. The fraction of sp³-hybridized carbons (Fsp3) is 0.350. The molecule has 1 atom stereocenters. The molecule has 0 saturated carbocycles. The van der Waals surface area contributed by atoms with Crippen LogP contribution in [0.1, 0.15) is 29.7 Å². The van der Waals surface area contributed by atoms with Crippen molar-refractivity contribution in [1.29, 1.82) is 0 Å². The molecule has 25 heavy (non-hydrogen) atoms. The molecule has 2 aromatic carbocycles. The SMILES string of the molecule is CCOc1ccc(CNC(=O)[C@@H]2NCCc3ccccc32)cc1OC. The van der Waals surface area contributed by atoms with Crippen molar-refractivity contribution in [1.82, 2.24) is 10.6 Å². The number of carbonyl (C=O) groups excluding carboxylic acids is 1. The zero-order chi connectivity index (χ0) is 17.6. The number of benzene rings is 2. The number of rotatable bonds is 6. The van der Waals surface area contributed by atoms with Crippen LogP contribution in [0.2, 0.25) is 0 Å². The second-order valence-corrected chi connectivity index (χ2v) is 5.97. The van der Waals surface area contributed by atoms with Crippen LogP contribution >= 0.6 is 0 Å². The third-order valence-electron chi connectivity index (χ3n) is 4.37.